The van der Waals surface area contributed by atoms with Crippen molar-refractivity contribution in [1.29, 1.82) is 0 Å². The third-order valence-corrected chi connectivity index (χ3v) is 6.62. The smallest absolute Gasteiger partial charge is 0.335 e. The van der Waals surface area contributed by atoms with Crippen LogP contribution in [0.2, 0.25) is 0 Å². The lowest BCUT2D eigenvalue weighted by Crippen LogP contribution is -2.47. The van der Waals surface area contributed by atoms with Crippen molar-refractivity contribution in [3.8, 4) is 0 Å². The Labute approximate surface area is 170 Å². The summed E-state index contributed by atoms with van der Waals surface area (Å²) in [5.41, 5.74) is -0.507. The molecule has 1 aliphatic rings. The summed E-state index contributed by atoms with van der Waals surface area (Å²) in [4.78, 5) is 11.8. The first-order chi connectivity index (χ1) is 14.1. The maximum absolute atomic E-state index is 12.9. The molecular formula is C19H19F4N3O3S. The highest BCUT2D eigenvalue weighted by molar-refractivity contribution is 7.89. The molecule has 0 radical (unpaired) electrons. The second-order valence-corrected chi connectivity index (χ2v) is 8.74. The molecule has 2 aromatic carbocycles. The highest BCUT2D eigenvalue weighted by Crippen LogP contribution is 2.30. The predicted octanol–water partition coefficient (Wildman–Crippen LogP) is 3.82. The van der Waals surface area contributed by atoms with E-state index in [1.165, 1.54) is 28.6 Å². The van der Waals surface area contributed by atoms with E-state index < -0.39 is 33.6 Å². The Morgan fingerprint density at radius 2 is 1.53 bits per heavy atom. The van der Waals surface area contributed by atoms with Gasteiger partial charge in [-0.3, -0.25) is 0 Å². The highest BCUT2D eigenvalue weighted by Gasteiger charge is 2.33. The van der Waals surface area contributed by atoms with Crippen LogP contribution in [0.1, 0.15) is 18.4 Å². The van der Waals surface area contributed by atoms with Crippen LogP contribution in [0.15, 0.2) is 53.4 Å². The zero-order valence-corrected chi connectivity index (χ0v) is 16.4. The van der Waals surface area contributed by atoms with Crippen LogP contribution in [-0.2, 0) is 16.2 Å². The van der Waals surface area contributed by atoms with E-state index in [4.69, 9.17) is 0 Å². The fourth-order valence-electron chi connectivity index (χ4n) is 3.09. The topological polar surface area (TPSA) is 78.5 Å². The van der Waals surface area contributed by atoms with Crippen LogP contribution in [0.25, 0.3) is 0 Å². The second-order valence-electron chi connectivity index (χ2n) is 6.81. The van der Waals surface area contributed by atoms with Crippen molar-refractivity contribution in [1.82, 2.24) is 9.62 Å². The second kappa shape index (κ2) is 8.60. The van der Waals surface area contributed by atoms with Gasteiger partial charge in [0.2, 0.25) is 10.0 Å². The molecule has 162 valence electrons. The van der Waals surface area contributed by atoms with Gasteiger partial charge in [-0.15, -0.1) is 0 Å². The van der Waals surface area contributed by atoms with Gasteiger partial charge >= 0.3 is 12.2 Å². The molecule has 1 fully saturated rings. The number of rotatable bonds is 4. The lowest BCUT2D eigenvalue weighted by molar-refractivity contribution is -0.137. The number of carbonyl (C=O) groups is 1. The van der Waals surface area contributed by atoms with Crippen molar-refractivity contribution in [3.05, 3.63) is 59.9 Å². The molecule has 1 saturated heterocycles. The molecule has 11 heteroatoms. The van der Waals surface area contributed by atoms with Gasteiger partial charge < -0.3 is 10.6 Å². The van der Waals surface area contributed by atoms with Crippen molar-refractivity contribution in [2.45, 2.75) is 30.0 Å². The molecule has 0 bridgehead atoms. The fraction of sp³-hybridized carbons (Fsp3) is 0.316. The molecular weight excluding hydrogens is 426 g/mol. The minimum Gasteiger partial charge on any atom is -0.335 e. The molecule has 0 saturated carbocycles. The standard InChI is InChI=1S/C19H19F4N3O3S/c20-14-3-5-15(6-4-14)24-18(27)25-16-9-11-26(12-10-16)30(28,29)17-7-1-13(2-8-17)19(21,22)23/h1-8,16H,9-12H2,(H2,24,25,27). The number of carbonyl (C=O) groups excluding carboxylic acids is 1. The Bertz CT molecular complexity index is 985. The SMILES string of the molecule is O=C(Nc1ccc(F)cc1)NC1CCN(S(=O)(=O)c2ccc(C(F)(F)F)cc2)CC1. The third-order valence-electron chi connectivity index (χ3n) is 4.71. The maximum Gasteiger partial charge on any atom is 0.416 e. The quantitative estimate of drug-likeness (QED) is 0.703. The van der Waals surface area contributed by atoms with Gasteiger partial charge in [0.25, 0.3) is 0 Å². The zero-order valence-electron chi connectivity index (χ0n) is 15.6. The van der Waals surface area contributed by atoms with Crippen molar-refractivity contribution >= 4 is 21.7 Å². The maximum atomic E-state index is 12.9. The summed E-state index contributed by atoms with van der Waals surface area (Å²) in [5.74, 6) is -0.428. The van der Waals surface area contributed by atoms with Crippen LogP contribution < -0.4 is 10.6 Å². The Morgan fingerprint density at radius 1 is 0.967 bits per heavy atom. The van der Waals surface area contributed by atoms with E-state index in [9.17, 15) is 30.8 Å². The molecule has 1 aliphatic heterocycles. The Kier molecular flexibility index (Phi) is 6.32. The largest absolute Gasteiger partial charge is 0.416 e. The molecule has 0 atom stereocenters. The van der Waals surface area contributed by atoms with Gasteiger partial charge in [0.1, 0.15) is 5.82 Å². The molecule has 3 rings (SSSR count). The number of anilines is 1. The number of amides is 2. The summed E-state index contributed by atoms with van der Waals surface area (Å²) >= 11 is 0. The monoisotopic (exact) mass is 445 g/mol. The van der Waals surface area contributed by atoms with Gasteiger partial charge in [0.15, 0.2) is 0 Å². The number of alkyl halides is 3. The van der Waals surface area contributed by atoms with E-state index in [0.29, 0.717) is 18.5 Å². The van der Waals surface area contributed by atoms with Gasteiger partial charge in [0.05, 0.1) is 10.5 Å². The first kappa shape index (κ1) is 22.0. The molecule has 30 heavy (non-hydrogen) atoms. The van der Waals surface area contributed by atoms with Crippen LogP contribution in [0.4, 0.5) is 28.0 Å². The Balaban J connectivity index is 1.55. The van der Waals surface area contributed by atoms with Crippen molar-refractivity contribution < 1.29 is 30.8 Å². The van der Waals surface area contributed by atoms with Crippen LogP contribution in [0, 0.1) is 5.82 Å². The molecule has 0 aromatic heterocycles. The number of urea groups is 1. The van der Waals surface area contributed by atoms with Crippen LogP contribution in [0.3, 0.4) is 0 Å². The van der Waals surface area contributed by atoms with E-state index >= 15 is 0 Å². The van der Waals surface area contributed by atoms with Crippen molar-refractivity contribution in [3.63, 3.8) is 0 Å². The minimum atomic E-state index is -4.54. The Morgan fingerprint density at radius 3 is 2.07 bits per heavy atom. The fourth-order valence-corrected chi connectivity index (χ4v) is 4.56. The normalized spacial score (nSPS) is 16.3. The zero-order chi connectivity index (χ0) is 21.9. The molecule has 0 unspecified atom stereocenters. The van der Waals surface area contributed by atoms with E-state index in [0.717, 1.165) is 24.3 Å². The number of hydrogen-bond acceptors (Lipinski definition) is 3. The minimum absolute atomic E-state index is 0.116. The van der Waals surface area contributed by atoms with Crippen molar-refractivity contribution in [2.75, 3.05) is 18.4 Å². The van der Waals surface area contributed by atoms with E-state index in [1.807, 2.05) is 0 Å². The van der Waals surface area contributed by atoms with E-state index in [-0.39, 0.29) is 24.0 Å². The molecule has 0 spiro atoms. The summed E-state index contributed by atoms with van der Waals surface area (Å²) in [5, 5.41) is 5.29. The van der Waals surface area contributed by atoms with E-state index in [1.54, 1.807) is 0 Å². The number of nitrogens with one attached hydrogen (secondary N) is 2. The number of nitrogens with zero attached hydrogens (tertiary/aromatic N) is 1. The molecule has 6 nitrogen and oxygen atoms in total. The average Bonchev–Trinajstić information content (AvgIpc) is 2.69. The number of sulfonamides is 1. The van der Waals surface area contributed by atoms with Crippen LogP contribution >= 0.6 is 0 Å². The first-order valence-corrected chi connectivity index (χ1v) is 10.5. The van der Waals surface area contributed by atoms with Gasteiger partial charge in [-0.1, -0.05) is 0 Å². The summed E-state index contributed by atoms with van der Waals surface area (Å²) in [6.07, 6.45) is -3.85. The number of benzene rings is 2. The van der Waals surface area contributed by atoms with E-state index in [2.05, 4.69) is 10.6 Å². The van der Waals surface area contributed by atoms with Gasteiger partial charge in [-0.05, 0) is 61.4 Å². The average molecular weight is 445 g/mol. The van der Waals surface area contributed by atoms with Gasteiger partial charge in [-0.2, -0.15) is 17.5 Å². The molecule has 2 N–H and O–H groups in total. The lowest BCUT2D eigenvalue weighted by Gasteiger charge is -2.31. The summed E-state index contributed by atoms with van der Waals surface area (Å²) in [7, 11) is -3.93. The number of piperidine rings is 1. The number of hydrogen-bond donors (Lipinski definition) is 2. The van der Waals surface area contributed by atoms with Crippen LogP contribution in [0.5, 0.6) is 0 Å². The summed E-state index contributed by atoms with van der Waals surface area (Å²) in [6.45, 7) is 0.232. The summed E-state index contributed by atoms with van der Waals surface area (Å²) < 4.78 is 77.4. The molecule has 1 heterocycles. The first-order valence-electron chi connectivity index (χ1n) is 9.06. The third kappa shape index (κ3) is 5.28. The molecule has 0 aliphatic carbocycles. The number of halogens is 4. The Hall–Kier alpha value is -2.66. The predicted molar refractivity (Wildman–Crippen MR) is 102 cm³/mol. The lowest BCUT2D eigenvalue weighted by atomic mass is 10.1. The molecule has 2 amide bonds. The highest BCUT2D eigenvalue weighted by atomic mass is 32.2. The molecule has 2 aromatic rings. The van der Waals surface area contributed by atoms with Crippen LogP contribution in [-0.4, -0.2) is 37.9 Å². The summed E-state index contributed by atoms with van der Waals surface area (Å²) in [6, 6.07) is 7.83. The van der Waals surface area contributed by atoms with Gasteiger partial charge in [0, 0.05) is 24.8 Å². The van der Waals surface area contributed by atoms with Gasteiger partial charge in [-0.25, -0.2) is 17.6 Å². The van der Waals surface area contributed by atoms with Crippen molar-refractivity contribution in [2.24, 2.45) is 0 Å².